The molecule has 0 saturated carbocycles. The van der Waals surface area contributed by atoms with Gasteiger partial charge < -0.3 is 10.8 Å². The molecule has 0 spiro atoms. The van der Waals surface area contributed by atoms with Gasteiger partial charge in [-0.3, -0.25) is 4.79 Å². The predicted octanol–water partition coefficient (Wildman–Crippen LogP) is 1.68. The van der Waals surface area contributed by atoms with Gasteiger partial charge in [-0.1, -0.05) is 0 Å². The molecule has 0 atom stereocenters. The van der Waals surface area contributed by atoms with Crippen LogP contribution in [0, 0.1) is 0 Å². The van der Waals surface area contributed by atoms with Gasteiger partial charge >= 0.3 is 0 Å². The quantitative estimate of drug-likeness (QED) is 0.438. The molecule has 4 heteroatoms. The number of phenolic OH excluding ortho intramolecular Hbond substituents is 1. The van der Waals surface area contributed by atoms with Crippen molar-refractivity contribution in [1.82, 2.24) is 0 Å². The minimum Gasteiger partial charge on any atom is -0.507 e. The van der Waals surface area contributed by atoms with Crippen molar-refractivity contribution in [2.24, 2.45) is 0 Å². The van der Waals surface area contributed by atoms with Crippen molar-refractivity contribution in [2.45, 2.75) is 0 Å². The Morgan fingerprint density at radius 1 is 1.57 bits per heavy atom. The van der Waals surface area contributed by atoms with E-state index >= 15 is 0 Å². The number of anilines is 1. The van der Waals surface area contributed by atoms with Crippen LogP contribution >= 0.6 is 0 Å². The highest BCUT2D eigenvalue weighted by Gasteiger charge is 2.07. The third-order valence-corrected chi connectivity index (χ3v) is 1.65. The van der Waals surface area contributed by atoms with Gasteiger partial charge in [0.2, 0.25) is 0 Å². The summed E-state index contributed by atoms with van der Waals surface area (Å²) in [6, 6.07) is 4.17. The highest BCUT2D eigenvalue weighted by molar-refractivity contribution is 6.06. The molecule has 0 saturated heterocycles. The fraction of sp³-hybridized carbons (Fsp3) is 0.100. The normalized spacial score (nSPS) is 10.6. The van der Waals surface area contributed by atoms with E-state index in [1.807, 2.05) is 0 Å². The number of allylic oxidation sites excluding steroid dienone is 2. The standard InChI is InChI=1S/C10H10FNO2/c11-5-1-2-9(13)8-4-3-7(12)6-10(8)14/h1-4,6,14H,5,12H2/b2-1+. The first-order chi connectivity index (χ1) is 6.65. The summed E-state index contributed by atoms with van der Waals surface area (Å²) < 4.78 is 11.7. The molecule has 0 heterocycles. The van der Waals surface area contributed by atoms with Crippen LogP contribution in [0.2, 0.25) is 0 Å². The monoisotopic (exact) mass is 195 g/mol. The van der Waals surface area contributed by atoms with Crippen molar-refractivity contribution in [2.75, 3.05) is 12.4 Å². The van der Waals surface area contributed by atoms with Gasteiger partial charge in [0.15, 0.2) is 5.78 Å². The molecule has 1 rings (SSSR count). The topological polar surface area (TPSA) is 63.3 Å². The average molecular weight is 195 g/mol. The molecule has 3 N–H and O–H groups in total. The molecule has 0 aliphatic heterocycles. The van der Waals surface area contributed by atoms with Crippen molar-refractivity contribution >= 4 is 11.5 Å². The second-order valence-electron chi connectivity index (χ2n) is 2.70. The number of nitrogens with two attached hydrogens (primary N) is 1. The largest absolute Gasteiger partial charge is 0.507 e. The SMILES string of the molecule is Nc1ccc(C(=O)/C=C/CF)c(O)c1. The van der Waals surface area contributed by atoms with Gasteiger partial charge in [-0.25, -0.2) is 4.39 Å². The zero-order chi connectivity index (χ0) is 10.6. The van der Waals surface area contributed by atoms with Crippen LogP contribution in [0.25, 0.3) is 0 Å². The number of benzene rings is 1. The number of hydrogen-bond donors (Lipinski definition) is 2. The van der Waals surface area contributed by atoms with E-state index < -0.39 is 12.5 Å². The lowest BCUT2D eigenvalue weighted by Crippen LogP contribution is -1.96. The summed E-state index contributed by atoms with van der Waals surface area (Å²) in [7, 11) is 0. The second-order valence-corrected chi connectivity index (χ2v) is 2.70. The van der Waals surface area contributed by atoms with Crippen LogP contribution in [-0.2, 0) is 0 Å². The summed E-state index contributed by atoms with van der Waals surface area (Å²) in [4.78, 5) is 11.3. The molecule has 1 aromatic carbocycles. The van der Waals surface area contributed by atoms with E-state index in [0.29, 0.717) is 5.69 Å². The van der Waals surface area contributed by atoms with Gasteiger partial charge in [0.05, 0.1) is 5.56 Å². The highest BCUT2D eigenvalue weighted by Crippen LogP contribution is 2.20. The van der Waals surface area contributed by atoms with E-state index in [-0.39, 0.29) is 11.3 Å². The molecular formula is C10H10FNO2. The first-order valence-electron chi connectivity index (χ1n) is 4.00. The minimum atomic E-state index is -0.707. The van der Waals surface area contributed by atoms with E-state index in [1.165, 1.54) is 18.2 Å². The summed E-state index contributed by atoms with van der Waals surface area (Å²) in [6.07, 6.45) is 2.16. The summed E-state index contributed by atoms with van der Waals surface area (Å²) in [6.45, 7) is -0.707. The second kappa shape index (κ2) is 4.41. The third kappa shape index (κ3) is 2.32. The van der Waals surface area contributed by atoms with Gasteiger partial charge in [0, 0.05) is 11.8 Å². The van der Waals surface area contributed by atoms with Crippen LogP contribution in [0.5, 0.6) is 5.75 Å². The Morgan fingerprint density at radius 3 is 2.86 bits per heavy atom. The average Bonchev–Trinajstić information content (AvgIpc) is 2.14. The Balaban J connectivity index is 2.96. The number of carbonyl (C=O) groups excluding carboxylic acids is 1. The molecule has 3 nitrogen and oxygen atoms in total. The van der Waals surface area contributed by atoms with Crippen molar-refractivity contribution in [3.05, 3.63) is 35.9 Å². The molecule has 0 aliphatic rings. The van der Waals surface area contributed by atoms with Crippen LogP contribution in [-0.4, -0.2) is 17.6 Å². The maximum Gasteiger partial charge on any atom is 0.189 e. The highest BCUT2D eigenvalue weighted by atomic mass is 19.1. The summed E-state index contributed by atoms with van der Waals surface area (Å²) in [5, 5.41) is 9.33. The first-order valence-corrected chi connectivity index (χ1v) is 4.00. The zero-order valence-electron chi connectivity index (χ0n) is 7.40. The number of halogens is 1. The van der Waals surface area contributed by atoms with Crippen molar-refractivity contribution in [3.63, 3.8) is 0 Å². The van der Waals surface area contributed by atoms with Crippen molar-refractivity contribution < 1.29 is 14.3 Å². The van der Waals surface area contributed by atoms with E-state index in [2.05, 4.69) is 0 Å². The maximum atomic E-state index is 11.7. The Labute approximate surface area is 80.7 Å². The smallest absolute Gasteiger partial charge is 0.189 e. The third-order valence-electron chi connectivity index (χ3n) is 1.65. The molecule has 0 radical (unpaired) electrons. The van der Waals surface area contributed by atoms with Gasteiger partial charge in [-0.2, -0.15) is 0 Å². The lowest BCUT2D eigenvalue weighted by molar-refractivity contribution is 0.104. The molecule has 74 valence electrons. The van der Waals surface area contributed by atoms with E-state index in [0.717, 1.165) is 12.2 Å². The Hall–Kier alpha value is -1.84. The van der Waals surface area contributed by atoms with Gasteiger partial charge in [0.1, 0.15) is 12.4 Å². The van der Waals surface area contributed by atoms with Crippen LogP contribution in [0.3, 0.4) is 0 Å². The van der Waals surface area contributed by atoms with Crippen LogP contribution in [0.1, 0.15) is 10.4 Å². The Bertz CT molecular complexity index is 374. The van der Waals surface area contributed by atoms with E-state index in [4.69, 9.17) is 5.73 Å². The maximum absolute atomic E-state index is 11.7. The van der Waals surface area contributed by atoms with Crippen LogP contribution in [0.4, 0.5) is 10.1 Å². The summed E-state index contributed by atoms with van der Waals surface area (Å²) in [5.41, 5.74) is 5.86. The van der Waals surface area contributed by atoms with Crippen molar-refractivity contribution in [3.8, 4) is 5.75 Å². The molecule has 14 heavy (non-hydrogen) atoms. The van der Waals surface area contributed by atoms with Gasteiger partial charge in [0.25, 0.3) is 0 Å². The molecule has 0 bridgehead atoms. The lowest BCUT2D eigenvalue weighted by Gasteiger charge is -2.00. The molecule has 1 aromatic rings. The molecular weight excluding hydrogens is 185 g/mol. The minimum absolute atomic E-state index is 0.115. The zero-order valence-corrected chi connectivity index (χ0v) is 7.40. The fourth-order valence-corrected chi connectivity index (χ4v) is 0.998. The molecule has 0 aromatic heterocycles. The summed E-state index contributed by atoms with van der Waals surface area (Å²) >= 11 is 0. The number of rotatable bonds is 3. The van der Waals surface area contributed by atoms with Gasteiger partial charge in [-0.05, 0) is 24.3 Å². The summed E-state index contributed by atoms with van der Waals surface area (Å²) in [5.74, 6) is -0.640. The number of carbonyl (C=O) groups is 1. The van der Waals surface area contributed by atoms with Crippen molar-refractivity contribution in [1.29, 1.82) is 0 Å². The lowest BCUT2D eigenvalue weighted by atomic mass is 10.1. The van der Waals surface area contributed by atoms with Gasteiger partial charge in [-0.15, -0.1) is 0 Å². The fourth-order valence-electron chi connectivity index (χ4n) is 0.998. The van der Waals surface area contributed by atoms with Crippen LogP contribution in [0.15, 0.2) is 30.4 Å². The Kier molecular flexibility index (Phi) is 3.23. The van der Waals surface area contributed by atoms with E-state index in [1.54, 1.807) is 0 Å². The molecule has 0 fully saturated rings. The molecule has 0 unspecified atom stereocenters. The number of alkyl halides is 1. The van der Waals surface area contributed by atoms with Crippen LogP contribution < -0.4 is 5.73 Å². The first kappa shape index (κ1) is 10.2. The number of aromatic hydroxyl groups is 1. The Morgan fingerprint density at radius 2 is 2.29 bits per heavy atom. The number of ketones is 1. The number of phenols is 1. The predicted molar refractivity (Wildman–Crippen MR) is 52.0 cm³/mol. The number of nitrogen functional groups attached to an aromatic ring is 1. The van der Waals surface area contributed by atoms with E-state index in [9.17, 15) is 14.3 Å². The molecule has 0 amide bonds. The molecule has 0 aliphatic carbocycles. The number of hydrogen-bond acceptors (Lipinski definition) is 3.